The van der Waals surface area contributed by atoms with Crippen LogP contribution in [0, 0.1) is 5.82 Å². The number of nitrogens with one attached hydrogen (secondary N) is 1. The molecule has 1 heterocycles. The summed E-state index contributed by atoms with van der Waals surface area (Å²) < 4.78 is 16.0. The molecule has 2 amide bonds. The molecule has 0 bridgehead atoms. The Hall–Kier alpha value is -4.76. The third kappa shape index (κ3) is 6.53. The van der Waals surface area contributed by atoms with Gasteiger partial charge in [-0.25, -0.2) is 9.07 Å². The Balaban J connectivity index is 1.54. The van der Waals surface area contributed by atoms with Gasteiger partial charge in [-0.3, -0.25) is 9.59 Å². The van der Waals surface area contributed by atoms with E-state index < -0.39 is 23.7 Å². The van der Waals surface area contributed by atoms with Crippen molar-refractivity contribution in [1.82, 2.24) is 19.9 Å². The van der Waals surface area contributed by atoms with Crippen molar-refractivity contribution in [1.29, 1.82) is 0 Å². The van der Waals surface area contributed by atoms with Gasteiger partial charge in [-0.15, -0.1) is 5.10 Å². The minimum absolute atomic E-state index is 0.0663. The van der Waals surface area contributed by atoms with Crippen molar-refractivity contribution in [3.8, 4) is 0 Å². The first-order valence-corrected chi connectivity index (χ1v) is 13.3. The van der Waals surface area contributed by atoms with Gasteiger partial charge >= 0.3 is 0 Å². The van der Waals surface area contributed by atoms with Gasteiger partial charge in [-0.05, 0) is 71.8 Å². The van der Waals surface area contributed by atoms with Gasteiger partial charge < -0.3 is 15.1 Å². The predicted octanol–water partition coefficient (Wildman–Crippen LogP) is 5.70. The summed E-state index contributed by atoms with van der Waals surface area (Å²) in [6.07, 6.45) is 0. The lowest BCUT2D eigenvalue weighted by atomic mass is 10.0. The minimum Gasteiger partial charge on any atom is -0.378 e. The van der Waals surface area contributed by atoms with Crippen LogP contribution in [0.15, 0.2) is 97.1 Å². The zero-order chi connectivity index (χ0) is 28.9. The van der Waals surface area contributed by atoms with Crippen LogP contribution in [0.3, 0.4) is 0 Å². The van der Waals surface area contributed by atoms with Gasteiger partial charge in [0.15, 0.2) is 0 Å². The number of anilines is 2. The fourth-order valence-electron chi connectivity index (χ4n) is 4.57. The van der Waals surface area contributed by atoms with E-state index in [0.29, 0.717) is 27.3 Å². The first-order chi connectivity index (χ1) is 19.8. The van der Waals surface area contributed by atoms with E-state index in [1.165, 1.54) is 27.8 Å². The second kappa shape index (κ2) is 12.2. The second-order valence-corrected chi connectivity index (χ2v) is 10.2. The number of aromatic nitrogens is 3. The first-order valence-electron chi connectivity index (χ1n) is 12.9. The van der Waals surface area contributed by atoms with E-state index in [1.54, 1.807) is 48.5 Å². The van der Waals surface area contributed by atoms with Gasteiger partial charge in [-0.1, -0.05) is 53.2 Å². The lowest BCUT2D eigenvalue weighted by Gasteiger charge is -2.32. The van der Waals surface area contributed by atoms with E-state index in [1.807, 2.05) is 49.3 Å². The van der Waals surface area contributed by atoms with Crippen molar-refractivity contribution in [3.05, 3.63) is 119 Å². The van der Waals surface area contributed by atoms with Crippen LogP contribution >= 0.6 is 11.6 Å². The van der Waals surface area contributed by atoms with Crippen molar-refractivity contribution in [2.45, 2.75) is 19.1 Å². The van der Waals surface area contributed by atoms with E-state index in [9.17, 15) is 14.0 Å². The summed E-state index contributed by atoms with van der Waals surface area (Å²) in [7, 11) is 3.85. The molecular formula is C31H28ClFN6O2. The van der Waals surface area contributed by atoms with Crippen LogP contribution in [-0.4, -0.2) is 45.8 Å². The van der Waals surface area contributed by atoms with Crippen LogP contribution in [0.2, 0.25) is 5.02 Å². The molecule has 1 atom stereocenters. The molecule has 0 saturated carbocycles. The van der Waals surface area contributed by atoms with Crippen molar-refractivity contribution in [2.75, 3.05) is 24.3 Å². The monoisotopic (exact) mass is 570 g/mol. The number of hydrogen-bond acceptors (Lipinski definition) is 5. The maximum absolute atomic E-state index is 14.5. The number of nitrogens with zero attached hydrogens (tertiary/aromatic N) is 5. The smallest absolute Gasteiger partial charge is 0.251 e. The summed E-state index contributed by atoms with van der Waals surface area (Å²) in [5.74, 6) is -1.40. The predicted molar refractivity (Wildman–Crippen MR) is 158 cm³/mol. The van der Waals surface area contributed by atoms with Gasteiger partial charge in [0.2, 0.25) is 5.91 Å². The molecule has 0 aliphatic rings. The Morgan fingerprint density at radius 3 is 2.39 bits per heavy atom. The average Bonchev–Trinajstić information content (AvgIpc) is 3.36. The Morgan fingerprint density at radius 1 is 0.951 bits per heavy atom. The largest absolute Gasteiger partial charge is 0.378 e. The molecule has 208 valence electrons. The van der Waals surface area contributed by atoms with Crippen molar-refractivity contribution >= 4 is 45.8 Å². The highest BCUT2D eigenvalue weighted by molar-refractivity contribution is 6.30. The fourth-order valence-corrected chi connectivity index (χ4v) is 4.69. The summed E-state index contributed by atoms with van der Waals surface area (Å²) in [6, 6.07) is 26.2. The average molecular weight is 571 g/mol. The number of para-hydroxylation sites is 1. The van der Waals surface area contributed by atoms with E-state index in [-0.39, 0.29) is 13.1 Å². The SMILES string of the molecule is CN(C)c1ccc(NC(=O)C(c2cccc(F)c2)N(Cc2ccc(Cl)cc2)C(=O)Cn2nnc3ccccc32)cc1. The summed E-state index contributed by atoms with van der Waals surface area (Å²) in [6.45, 7) is -0.110. The summed E-state index contributed by atoms with van der Waals surface area (Å²) in [5, 5.41) is 11.8. The number of rotatable bonds is 9. The van der Waals surface area contributed by atoms with E-state index in [0.717, 1.165) is 11.3 Å². The lowest BCUT2D eigenvalue weighted by Crippen LogP contribution is -2.42. The molecule has 8 nitrogen and oxygen atoms in total. The Bertz CT molecular complexity index is 1670. The van der Waals surface area contributed by atoms with E-state index in [4.69, 9.17) is 11.6 Å². The third-order valence-electron chi connectivity index (χ3n) is 6.67. The van der Waals surface area contributed by atoms with Gasteiger partial charge in [0.25, 0.3) is 5.91 Å². The molecule has 0 fully saturated rings. The molecule has 10 heteroatoms. The van der Waals surface area contributed by atoms with Gasteiger partial charge in [0.05, 0.1) is 5.52 Å². The Morgan fingerprint density at radius 2 is 1.68 bits per heavy atom. The number of carbonyl (C=O) groups is 2. The summed E-state index contributed by atoms with van der Waals surface area (Å²) >= 11 is 6.10. The van der Waals surface area contributed by atoms with Gasteiger partial charge in [0, 0.05) is 37.0 Å². The normalized spacial score (nSPS) is 11.7. The second-order valence-electron chi connectivity index (χ2n) is 9.77. The zero-order valence-corrected chi connectivity index (χ0v) is 23.3. The summed E-state index contributed by atoms with van der Waals surface area (Å²) in [5.41, 5.74) is 3.91. The van der Waals surface area contributed by atoms with Crippen molar-refractivity contribution < 1.29 is 14.0 Å². The van der Waals surface area contributed by atoms with E-state index >= 15 is 0 Å². The van der Waals surface area contributed by atoms with Crippen LogP contribution < -0.4 is 10.2 Å². The number of amides is 2. The van der Waals surface area contributed by atoms with Crippen molar-refractivity contribution in [2.24, 2.45) is 0 Å². The Kier molecular flexibility index (Phi) is 8.26. The van der Waals surface area contributed by atoms with E-state index in [2.05, 4.69) is 15.6 Å². The Labute approximate surface area is 241 Å². The fraction of sp³-hybridized carbons (Fsp3) is 0.161. The maximum Gasteiger partial charge on any atom is 0.251 e. The third-order valence-corrected chi connectivity index (χ3v) is 6.92. The molecule has 0 aliphatic carbocycles. The number of benzene rings is 4. The highest BCUT2D eigenvalue weighted by Crippen LogP contribution is 2.28. The molecule has 5 aromatic rings. The van der Waals surface area contributed by atoms with Gasteiger partial charge in [0.1, 0.15) is 23.9 Å². The molecule has 41 heavy (non-hydrogen) atoms. The minimum atomic E-state index is -1.16. The van der Waals surface area contributed by atoms with Crippen LogP contribution in [0.5, 0.6) is 0 Å². The van der Waals surface area contributed by atoms with Crippen LogP contribution in [-0.2, 0) is 22.7 Å². The molecule has 1 N–H and O–H groups in total. The molecule has 1 aromatic heterocycles. The maximum atomic E-state index is 14.5. The van der Waals surface area contributed by atoms with Gasteiger partial charge in [-0.2, -0.15) is 0 Å². The topological polar surface area (TPSA) is 83.4 Å². The molecule has 0 saturated heterocycles. The molecule has 5 rings (SSSR count). The number of carbonyl (C=O) groups excluding carboxylic acids is 2. The quantitative estimate of drug-likeness (QED) is 0.246. The zero-order valence-electron chi connectivity index (χ0n) is 22.5. The molecule has 1 unspecified atom stereocenters. The number of fused-ring (bicyclic) bond motifs is 1. The van der Waals surface area contributed by atoms with Crippen LogP contribution in [0.25, 0.3) is 11.0 Å². The van der Waals surface area contributed by atoms with Crippen LogP contribution in [0.4, 0.5) is 15.8 Å². The molecule has 0 spiro atoms. The highest BCUT2D eigenvalue weighted by atomic mass is 35.5. The highest BCUT2D eigenvalue weighted by Gasteiger charge is 2.32. The lowest BCUT2D eigenvalue weighted by molar-refractivity contribution is -0.140. The standard InChI is InChI=1S/C31H28ClFN6O2/c1-37(2)26-16-14-25(15-17-26)34-31(41)30(22-6-5-7-24(33)18-22)38(19-21-10-12-23(32)13-11-21)29(40)20-39-28-9-4-3-8-27(28)35-36-39/h3-18,30H,19-20H2,1-2H3,(H,34,41). The molecule has 0 aliphatic heterocycles. The number of hydrogen-bond donors (Lipinski definition) is 1. The molecular weight excluding hydrogens is 543 g/mol. The molecule has 4 aromatic carbocycles. The van der Waals surface area contributed by atoms with Crippen LogP contribution in [0.1, 0.15) is 17.2 Å². The van der Waals surface area contributed by atoms with Crippen molar-refractivity contribution in [3.63, 3.8) is 0 Å². The summed E-state index contributed by atoms with van der Waals surface area (Å²) in [4.78, 5) is 31.4. The number of halogens is 2. The first kappa shape index (κ1) is 27.8. The molecule has 0 radical (unpaired) electrons.